The normalized spacial score (nSPS) is 10.2. The summed E-state index contributed by atoms with van der Waals surface area (Å²) in [6, 6.07) is 11.5. The second kappa shape index (κ2) is 6.06. The number of methoxy groups -OCH3 is 1. The average molecular weight is 272 g/mol. The zero-order valence-electron chi connectivity index (χ0n) is 11.2. The van der Waals surface area contributed by atoms with Crippen LogP contribution in [0.2, 0.25) is 0 Å². The van der Waals surface area contributed by atoms with Crippen LogP contribution in [0.5, 0.6) is 0 Å². The van der Waals surface area contributed by atoms with E-state index in [9.17, 15) is 9.59 Å². The number of hydrogen-bond acceptors (Lipinski definition) is 4. The van der Waals surface area contributed by atoms with Crippen molar-refractivity contribution < 1.29 is 9.53 Å². The van der Waals surface area contributed by atoms with Gasteiger partial charge in [0.15, 0.2) is 0 Å². The molecule has 0 radical (unpaired) electrons. The van der Waals surface area contributed by atoms with Gasteiger partial charge in [0.1, 0.15) is 5.69 Å². The Labute approximate surface area is 116 Å². The van der Waals surface area contributed by atoms with E-state index in [0.717, 1.165) is 5.56 Å². The van der Waals surface area contributed by atoms with Crippen LogP contribution in [0.15, 0.2) is 41.2 Å². The third-order valence-electron chi connectivity index (χ3n) is 3.01. The van der Waals surface area contributed by atoms with Crippen molar-refractivity contribution in [2.75, 3.05) is 12.8 Å². The van der Waals surface area contributed by atoms with Gasteiger partial charge in [-0.15, -0.1) is 0 Å². The number of ether oxygens (including phenoxy) is 1. The molecule has 2 rings (SSSR count). The Morgan fingerprint density at radius 2 is 2.00 bits per heavy atom. The number of carbonyl (C=O) groups excluding carboxylic acids is 1. The van der Waals surface area contributed by atoms with Gasteiger partial charge in [-0.3, -0.25) is 9.59 Å². The fourth-order valence-corrected chi connectivity index (χ4v) is 1.97. The number of rotatable bonds is 4. The molecule has 5 nitrogen and oxygen atoms in total. The lowest BCUT2D eigenvalue weighted by atomic mass is 10.1. The van der Waals surface area contributed by atoms with Crippen LogP contribution < -0.4 is 11.3 Å². The number of carbonyl (C=O) groups is 1. The second-order valence-corrected chi connectivity index (χ2v) is 4.48. The van der Waals surface area contributed by atoms with Crippen molar-refractivity contribution in [2.45, 2.75) is 12.8 Å². The topological polar surface area (TPSA) is 85.2 Å². The maximum atomic E-state index is 11.8. The number of aromatic amines is 1. The van der Waals surface area contributed by atoms with Gasteiger partial charge in [0.05, 0.1) is 13.5 Å². The molecule has 0 bridgehead atoms. The van der Waals surface area contributed by atoms with Crippen LogP contribution in [0, 0.1) is 0 Å². The minimum Gasteiger partial charge on any atom is -0.469 e. The Hall–Kier alpha value is -2.56. The third-order valence-corrected chi connectivity index (χ3v) is 3.01. The highest BCUT2D eigenvalue weighted by atomic mass is 16.5. The molecule has 1 aromatic carbocycles. The number of nitrogens with one attached hydrogen (secondary N) is 1. The summed E-state index contributed by atoms with van der Waals surface area (Å²) in [5.41, 5.74) is 7.66. The maximum absolute atomic E-state index is 11.8. The summed E-state index contributed by atoms with van der Waals surface area (Å²) >= 11 is 0. The number of nitrogens with two attached hydrogens (primary N) is 1. The van der Waals surface area contributed by atoms with Crippen molar-refractivity contribution in [2.24, 2.45) is 0 Å². The molecular formula is C15H16N2O3. The third kappa shape index (κ3) is 3.26. The first-order chi connectivity index (χ1) is 9.60. The van der Waals surface area contributed by atoms with Crippen LogP contribution in [0.1, 0.15) is 16.8 Å². The molecule has 0 fully saturated rings. The number of anilines is 1. The molecule has 0 saturated carbocycles. The fourth-order valence-electron chi connectivity index (χ4n) is 1.97. The Bertz CT molecular complexity index is 663. The lowest BCUT2D eigenvalue weighted by molar-refractivity contribution is -0.139. The number of H-pyrrole nitrogens is 1. The van der Waals surface area contributed by atoms with Crippen molar-refractivity contribution in [3.8, 4) is 0 Å². The molecule has 0 spiro atoms. The highest BCUT2D eigenvalue weighted by Crippen LogP contribution is 2.12. The van der Waals surface area contributed by atoms with Gasteiger partial charge in [0, 0.05) is 12.1 Å². The Morgan fingerprint density at radius 1 is 1.30 bits per heavy atom. The molecule has 104 valence electrons. The summed E-state index contributed by atoms with van der Waals surface area (Å²) in [5, 5.41) is 0. The van der Waals surface area contributed by atoms with E-state index in [1.807, 2.05) is 30.3 Å². The van der Waals surface area contributed by atoms with Gasteiger partial charge >= 0.3 is 5.97 Å². The van der Waals surface area contributed by atoms with Crippen LogP contribution in [0.3, 0.4) is 0 Å². The first kappa shape index (κ1) is 13.9. The average Bonchev–Trinajstić information content (AvgIpc) is 2.45. The number of nitrogen functional groups attached to an aromatic ring is 1. The second-order valence-electron chi connectivity index (χ2n) is 4.48. The predicted octanol–water partition coefficient (Wildman–Crippen LogP) is 1.26. The van der Waals surface area contributed by atoms with E-state index in [-0.39, 0.29) is 17.7 Å². The zero-order chi connectivity index (χ0) is 14.5. The largest absolute Gasteiger partial charge is 0.469 e. The molecule has 0 aliphatic carbocycles. The molecule has 0 atom stereocenters. The van der Waals surface area contributed by atoms with Crippen molar-refractivity contribution in [3.05, 3.63) is 63.6 Å². The van der Waals surface area contributed by atoms with Gasteiger partial charge in [-0.1, -0.05) is 30.3 Å². The van der Waals surface area contributed by atoms with Gasteiger partial charge in [-0.05, 0) is 17.2 Å². The summed E-state index contributed by atoms with van der Waals surface area (Å²) in [5.74, 6) is -0.423. The van der Waals surface area contributed by atoms with Gasteiger partial charge < -0.3 is 15.5 Å². The summed E-state index contributed by atoms with van der Waals surface area (Å²) in [4.78, 5) is 25.8. The van der Waals surface area contributed by atoms with Gasteiger partial charge in [0.25, 0.3) is 5.56 Å². The lowest BCUT2D eigenvalue weighted by Crippen LogP contribution is -2.19. The van der Waals surface area contributed by atoms with Crippen molar-refractivity contribution >= 4 is 11.7 Å². The highest BCUT2D eigenvalue weighted by molar-refractivity contribution is 5.74. The van der Waals surface area contributed by atoms with E-state index < -0.39 is 5.97 Å². The van der Waals surface area contributed by atoms with Crippen molar-refractivity contribution in [1.82, 2.24) is 4.98 Å². The molecule has 1 heterocycles. The van der Waals surface area contributed by atoms with E-state index >= 15 is 0 Å². The number of pyridine rings is 1. The molecule has 20 heavy (non-hydrogen) atoms. The van der Waals surface area contributed by atoms with Crippen LogP contribution in [-0.4, -0.2) is 18.1 Å². The minimum absolute atomic E-state index is 0.00591. The molecule has 0 unspecified atom stereocenters. The monoisotopic (exact) mass is 272 g/mol. The van der Waals surface area contributed by atoms with E-state index in [1.165, 1.54) is 7.11 Å². The standard InChI is InChI=1S/C15H16N2O3/c1-20-13(18)9-11-8-12(17-15(19)14(11)16)7-10-5-3-2-4-6-10/h2-6,8H,7,9,16H2,1H3,(H,17,19). The number of aromatic nitrogens is 1. The van der Waals surface area contributed by atoms with Crippen LogP contribution in [-0.2, 0) is 22.4 Å². The molecule has 0 aliphatic rings. The number of hydrogen-bond donors (Lipinski definition) is 2. The van der Waals surface area contributed by atoms with E-state index in [1.54, 1.807) is 6.07 Å². The Morgan fingerprint density at radius 3 is 2.65 bits per heavy atom. The quantitative estimate of drug-likeness (QED) is 0.821. The zero-order valence-corrected chi connectivity index (χ0v) is 11.2. The number of benzene rings is 1. The molecule has 0 amide bonds. The molecule has 1 aromatic heterocycles. The lowest BCUT2D eigenvalue weighted by Gasteiger charge is -2.08. The van der Waals surface area contributed by atoms with Crippen LogP contribution >= 0.6 is 0 Å². The fraction of sp³-hybridized carbons (Fsp3) is 0.200. The first-order valence-corrected chi connectivity index (χ1v) is 6.21. The minimum atomic E-state index is -0.423. The summed E-state index contributed by atoms with van der Waals surface area (Å²) in [7, 11) is 1.30. The smallest absolute Gasteiger partial charge is 0.310 e. The molecule has 0 saturated heterocycles. The SMILES string of the molecule is COC(=O)Cc1cc(Cc2ccccc2)[nH]c(=O)c1N. The van der Waals surface area contributed by atoms with E-state index in [4.69, 9.17) is 5.73 Å². The van der Waals surface area contributed by atoms with Gasteiger partial charge in [-0.25, -0.2) is 0 Å². The predicted molar refractivity (Wildman–Crippen MR) is 76.4 cm³/mol. The molecular weight excluding hydrogens is 256 g/mol. The first-order valence-electron chi connectivity index (χ1n) is 6.21. The summed E-state index contributed by atoms with van der Waals surface area (Å²) in [6.07, 6.45) is 0.568. The summed E-state index contributed by atoms with van der Waals surface area (Å²) in [6.45, 7) is 0. The Balaban J connectivity index is 2.31. The molecule has 5 heteroatoms. The van der Waals surface area contributed by atoms with Crippen molar-refractivity contribution in [1.29, 1.82) is 0 Å². The van der Waals surface area contributed by atoms with Crippen LogP contribution in [0.25, 0.3) is 0 Å². The Kier molecular flexibility index (Phi) is 4.20. The van der Waals surface area contributed by atoms with Gasteiger partial charge in [0.2, 0.25) is 0 Å². The number of esters is 1. The highest BCUT2D eigenvalue weighted by Gasteiger charge is 2.11. The molecule has 2 aromatic rings. The van der Waals surface area contributed by atoms with Crippen molar-refractivity contribution in [3.63, 3.8) is 0 Å². The summed E-state index contributed by atoms with van der Waals surface area (Å²) < 4.78 is 4.60. The van der Waals surface area contributed by atoms with E-state index in [0.29, 0.717) is 17.7 Å². The van der Waals surface area contributed by atoms with Crippen LogP contribution in [0.4, 0.5) is 5.69 Å². The molecule has 3 N–H and O–H groups in total. The van der Waals surface area contributed by atoms with E-state index in [2.05, 4.69) is 9.72 Å². The maximum Gasteiger partial charge on any atom is 0.310 e. The molecule has 0 aliphatic heterocycles. The van der Waals surface area contributed by atoms with Gasteiger partial charge in [-0.2, -0.15) is 0 Å².